The van der Waals surface area contributed by atoms with Crippen molar-refractivity contribution in [3.8, 4) is 5.75 Å². The Hall–Kier alpha value is -1.32. The summed E-state index contributed by atoms with van der Waals surface area (Å²) in [6.45, 7) is 1.97. The molecular weight excluding hydrogens is 292 g/mol. The van der Waals surface area contributed by atoms with Crippen LogP contribution in [-0.2, 0) is 0 Å². The van der Waals surface area contributed by atoms with Crippen LogP contribution in [0.4, 0.5) is 0 Å². The smallest absolute Gasteiger partial charge is 0.119 e. The van der Waals surface area contributed by atoms with Gasteiger partial charge in [-0.3, -0.25) is 0 Å². The molecule has 0 aliphatic carbocycles. The van der Waals surface area contributed by atoms with Crippen molar-refractivity contribution < 1.29 is 9.84 Å². The minimum atomic E-state index is -0.633. The second kappa shape index (κ2) is 5.55. The van der Waals surface area contributed by atoms with Crippen molar-refractivity contribution in [3.05, 3.63) is 63.6 Å². The number of aliphatic hydroxyl groups excluding tert-OH is 1. The molecule has 1 N–H and O–H groups in total. The van der Waals surface area contributed by atoms with E-state index in [4.69, 9.17) is 4.74 Å². The molecule has 2 rings (SSSR count). The van der Waals surface area contributed by atoms with Crippen LogP contribution in [0.2, 0.25) is 0 Å². The highest BCUT2D eigenvalue weighted by Gasteiger charge is 2.15. The Morgan fingerprint density at radius 3 is 2.44 bits per heavy atom. The first-order valence-electron chi connectivity index (χ1n) is 5.70. The van der Waals surface area contributed by atoms with Crippen molar-refractivity contribution in [1.29, 1.82) is 0 Å². The van der Waals surface area contributed by atoms with E-state index in [0.29, 0.717) is 0 Å². The summed E-state index contributed by atoms with van der Waals surface area (Å²) in [5.41, 5.74) is 2.77. The van der Waals surface area contributed by atoms with Crippen LogP contribution in [0.5, 0.6) is 5.75 Å². The van der Waals surface area contributed by atoms with Gasteiger partial charge in [-0.2, -0.15) is 0 Å². The molecule has 0 aliphatic rings. The van der Waals surface area contributed by atoms with Gasteiger partial charge < -0.3 is 9.84 Å². The maximum atomic E-state index is 10.4. The Morgan fingerprint density at radius 2 is 1.83 bits per heavy atom. The van der Waals surface area contributed by atoms with E-state index >= 15 is 0 Å². The Balaban J connectivity index is 2.40. The van der Waals surface area contributed by atoms with Crippen molar-refractivity contribution in [2.75, 3.05) is 7.11 Å². The molecule has 0 saturated heterocycles. The van der Waals surface area contributed by atoms with Crippen molar-refractivity contribution in [2.45, 2.75) is 13.0 Å². The van der Waals surface area contributed by atoms with E-state index in [1.807, 2.05) is 49.4 Å². The molecule has 0 aliphatic heterocycles. The van der Waals surface area contributed by atoms with Gasteiger partial charge in [0, 0.05) is 4.47 Å². The maximum Gasteiger partial charge on any atom is 0.119 e. The predicted molar refractivity (Wildman–Crippen MR) is 75.9 cm³/mol. The quantitative estimate of drug-likeness (QED) is 0.933. The van der Waals surface area contributed by atoms with Gasteiger partial charge in [0.1, 0.15) is 11.9 Å². The van der Waals surface area contributed by atoms with E-state index in [0.717, 1.165) is 26.9 Å². The topological polar surface area (TPSA) is 29.5 Å². The van der Waals surface area contributed by atoms with Crippen LogP contribution < -0.4 is 4.74 Å². The molecule has 2 nitrogen and oxygen atoms in total. The molecule has 0 saturated carbocycles. The van der Waals surface area contributed by atoms with Crippen molar-refractivity contribution in [3.63, 3.8) is 0 Å². The number of rotatable bonds is 3. The third-order valence-corrected chi connectivity index (χ3v) is 3.69. The monoisotopic (exact) mass is 306 g/mol. The lowest BCUT2D eigenvalue weighted by Gasteiger charge is -2.16. The lowest BCUT2D eigenvalue weighted by Crippen LogP contribution is -2.03. The van der Waals surface area contributed by atoms with Crippen molar-refractivity contribution in [1.82, 2.24) is 0 Å². The van der Waals surface area contributed by atoms with E-state index in [-0.39, 0.29) is 0 Å². The predicted octanol–water partition coefficient (Wildman–Crippen LogP) is 3.85. The van der Waals surface area contributed by atoms with Crippen LogP contribution in [0, 0.1) is 6.92 Å². The van der Waals surface area contributed by atoms with Gasteiger partial charge >= 0.3 is 0 Å². The van der Waals surface area contributed by atoms with Gasteiger partial charge in [0.05, 0.1) is 7.11 Å². The van der Waals surface area contributed by atoms with E-state index in [1.165, 1.54) is 0 Å². The Bertz CT molecular complexity index is 552. The SMILES string of the molecule is COc1ccc(C(O)c2ccccc2Br)c(C)c1. The van der Waals surface area contributed by atoms with Crippen molar-refractivity contribution >= 4 is 15.9 Å². The van der Waals surface area contributed by atoms with Gasteiger partial charge in [0.2, 0.25) is 0 Å². The molecule has 3 heteroatoms. The average Bonchev–Trinajstić information content (AvgIpc) is 2.38. The van der Waals surface area contributed by atoms with Crippen LogP contribution in [0.1, 0.15) is 22.8 Å². The molecule has 18 heavy (non-hydrogen) atoms. The van der Waals surface area contributed by atoms with Gasteiger partial charge in [0.25, 0.3) is 0 Å². The highest BCUT2D eigenvalue weighted by molar-refractivity contribution is 9.10. The summed E-state index contributed by atoms with van der Waals surface area (Å²) in [6.07, 6.45) is -0.633. The van der Waals surface area contributed by atoms with Gasteiger partial charge in [-0.15, -0.1) is 0 Å². The summed E-state index contributed by atoms with van der Waals surface area (Å²) in [4.78, 5) is 0. The fourth-order valence-corrected chi connectivity index (χ4v) is 2.45. The van der Waals surface area contributed by atoms with E-state index in [9.17, 15) is 5.11 Å². The van der Waals surface area contributed by atoms with Crippen LogP contribution >= 0.6 is 15.9 Å². The van der Waals surface area contributed by atoms with E-state index in [2.05, 4.69) is 15.9 Å². The second-order valence-corrected chi connectivity index (χ2v) is 5.00. The summed E-state index contributed by atoms with van der Waals surface area (Å²) >= 11 is 3.46. The molecule has 0 radical (unpaired) electrons. The van der Waals surface area contributed by atoms with E-state index < -0.39 is 6.10 Å². The number of methoxy groups -OCH3 is 1. The van der Waals surface area contributed by atoms with Crippen molar-refractivity contribution in [2.24, 2.45) is 0 Å². The van der Waals surface area contributed by atoms with Gasteiger partial charge in [-0.25, -0.2) is 0 Å². The Morgan fingerprint density at radius 1 is 1.11 bits per heavy atom. The molecule has 2 aromatic carbocycles. The molecule has 0 amide bonds. The standard InChI is InChI=1S/C15H15BrO2/c1-10-9-11(18-2)7-8-12(10)15(17)13-5-3-4-6-14(13)16/h3-9,15,17H,1-2H3. The zero-order valence-corrected chi connectivity index (χ0v) is 11.9. The molecule has 94 valence electrons. The molecule has 0 bridgehead atoms. The molecule has 1 atom stereocenters. The van der Waals surface area contributed by atoms with Gasteiger partial charge in [-0.1, -0.05) is 40.2 Å². The van der Waals surface area contributed by atoms with Crippen LogP contribution in [0.25, 0.3) is 0 Å². The van der Waals surface area contributed by atoms with Gasteiger partial charge in [-0.05, 0) is 41.8 Å². The number of ether oxygens (including phenoxy) is 1. The summed E-state index contributed by atoms with van der Waals surface area (Å²) in [5, 5.41) is 10.4. The summed E-state index contributed by atoms with van der Waals surface area (Å²) in [7, 11) is 1.64. The molecule has 0 fully saturated rings. The van der Waals surface area contributed by atoms with Crippen LogP contribution in [0.15, 0.2) is 46.9 Å². The summed E-state index contributed by atoms with van der Waals surface area (Å²) in [6, 6.07) is 13.4. The third-order valence-electron chi connectivity index (χ3n) is 2.97. The normalized spacial score (nSPS) is 12.2. The second-order valence-electron chi connectivity index (χ2n) is 4.15. The largest absolute Gasteiger partial charge is 0.497 e. The number of aliphatic hydroxyl groups is 1. The minimum absolute atomic E-state index is 0.633. The summed E-state index contributed by atoms with van der Waals surface area (Å²) in [5.74, 6) is 0.801. The molecule has 2 aromatic rings. The number of aryl methyl sites for hydroxylation is 1. The molecule has 0 heterocycles. The number of halogens is 1. The first-order valence-corrected chi connectivity index (χ1v) is 6.50. The third kappa shape index (κ3) is 2.57. The average molecular weight is 307 g/mol. The highest BCUT2D eigenvalue weighted by Crippen LogP contribution is 2.31. The van der Waals surface area contributed by atoms with Crippen LogP contribution in [0.3, 0.4) is 0 Å². The zero-order chi connectivity index (χ0) is 13.1. The molecule has 0 spiro atoms. The fraction of sp³-hybridized carbons (Fsp3) is 0.200. The number of hydrogen-bond acceptors (Lipinski definition) is 2. The molecular formula is C15H15BrO2. The van der Waals surface area contributed by atoms with Crippen LogP contribution in [-0.4, -0.2) is 12.2 Å². The lowest BCUT2D eigenvalue weighted by molar-refractivity contribution is 0.218. The lowest BCUT2D eigenvalue weighted by atomic mass is 9.97. The molecule has 1 unspecified atom stereocenters. The first kappa shape index (κ1) is 13.1. The Kier molecular flexibility index (Phi) is 4.04. The number of hydrogen-bond donors (Lipinski definition) is 1. The first-order chi connectivity index (χ1) is 8.63. The van der Waals surface area contributed by atoms with E-state index in [1.54, 1.807) is 7.11 Å². The Labute approximate surface area is 115 Å². The maximum absolute atomic E-state index is 10.4. The van der Waals surface area contributed by atoms with Gasteiger partial charge in [0.15, 0.2) is 0 Å². The summed E-state index contributed by atoms with van der Waals surface area (Å²) < 4.78 is 6.08. The minimum Gasteiger partial charge on any atom is -0.497 e. The zero-order valence-electron chi connectivity index (χ0n) is 10.4. The fourth-order valence-electron chi connectivity index (χ4n) is 1.95. The number of benzene rings is 2. The molecule has 0 aromatic heterocycles. The highest BCUT2D eigenvalue weighted by atomic mass is 79.9.